The van der Waals surface area contributed by atoms with Crippen LogP contribution in [0.25, 0.3) is 93.6 Å². The Balaban J connectivity index is 0.944. The van der Waals surface area contributed by atoms with E-state index >= 15 is 0 Å². The number of hydrogen-bond donors (Lipinski definition) is 0. The maximum Gasteiger partial charge on any atom is 0.137 e. The highest BCUT2D eigenvalue weighted by Gasteiger charge is 2.20. The molecule has 2 aromatic heterocycles. The van der Waals surface area contributed by atoms with Gasteiger partial charge in [-0.25, -0.2) is 0 Å². The number of hydrogen-bond acceptors (Lipinski definition) is 2. The number of fused-ring (bicyclic) bond motifs is 7. The fourth-order valence-corrected chi connectivity index (χ4v) is 9.38. The topological polar surface area (TPSA) is 21.3 Å². The van der Waals surface area contributed by atoms with Crippen LogP contribution in [0, 0.1) is 0 Å². The molecule has 0 radical (unpaired) electrons. The lowest BCUT2D eigenvalue weighted by atomic mass is 9.96. The summed E-state index contributed by atoms with van der Waals surface area (Å²) in [5.41, 5.74) is 15.6. The average Bonchev–Trinajstić information content (AvgIpc) is 3.87. The van der Waals surface area contributed by atoms with Crippen LogP contribution in [0.1, 0.15) is 0 Å². The molecular weight excluding hydrogens is 741 g/mol. The smallest absolute Gasteiger partial charge is 0.137 e. The summed E-state index contributed by atoms with van der Waals surface area (Å²) in [4.78, 5) is 2.36. The van der Waals surface area contributed by atoms with Crippen LogP contribution >= 0.6 is 0 Å². The molecule has 3 heteroatoms. The first-order valence-corrected chi connectivity index (χ1v) is 20.8. The largest absolute Gasteiger partial charge is 0.456 e. The van der Waals surface area contributed by atoms with E-state index in [1.54, 1.807) is 0 Å². The summed E-state index contributed by atoms with van der Waals surface area (Å²) in [5, 5.41) is 7.20. The summed E-state index contributed by atoms with van der Waals surface area (Å²) in [7, 11) is 0. The summed E-state index contributed by atoms with van der Waals surface area (Å²) in [6.45, 7) is 0. The highest BCUT2D eigenvalue weighted by molar-refractivity contribution is 6.10. The van der Waals surface area contributed by atoms with Gasteiger partial charge < -0.3 is 13.9 Å². The number of furan rings is 1. The van der Waals surface area contributed by atoms with Crippen molar-refractivity contribution in [2.45, 2.75) is 0 Å². The predicted molar refractivity (Wildman–Crippen MR) is 257 cm³/mol. The van der Waals surface area contributed by atoms with E-state index < -0.39 is 0 Å². The van der Waals surface area contributed by atoms with Gasteiger partial charge in [-0.15, -0.1) is 0 Å². The molecule has 0 N–H and O–H groups in total. The van der Waals surface area contributed by atoms with E-state index in [2.05, 4.69) is 228 Å². The first kappa shape index (κ1) is 34.9. The summed E-state index contributed by atoms with van der Waals surface area (Å²) in [5.74, 6) is 0. The van der Waals surface area contributed by atoms with Crippen LogP contribution in [-0.4, -0.2) is 4.57 Å². The van der Waals surface area contributed by atoms with Gasteiger partial charge in [0.05, 0.1) is 22.4 Å². The second-order valence-electron chi connectivity index (χ2n) is 15.7. The van der Waals surface area contributed by atoms with Crippen LogP contribution in [0.2, 0.25) is 0 Å². The monoisotopic (exact) mass is 778 g/mol. The van der Waals surface area contributed by atoms with Crippen molar-refractivity contribution < 1.29 is 4.42 Å². The lowest BCUT2D eigenvalue weighted by Gasteiger charge is -2.28. The van der Waals surface area contributed by atoms with Crippen molar-refractivity contribution in [1.82, 2.24) is 4.57 Å². The Morgan fingerprint density at radius 1 is 0.328 bits per heavy atom. The Morgan fingerprint density at radius 3 is 1.62 bits per heavy atom. The third kappa shape index (κ3) is 5.82. The van der Waals surface area contributed by atoms with Gasteiger partial charge in [-0.05, 0) is 87.6 Å². The number of aromatic nitrogens is 1. The summed E-state index contributed by atoms with van der Waals surface area (Å²) in [6, 6.07) is 82.9. The van der Waals surface area contributed by atoms with Gasteiger partial charge in [0.2, 0.25) is 0 Å². The number of rotatable bonds is 7. The lowest BCUT2D eigenvalue weighted by molar-refractivity contribution is 0.669. The molecule has 12 rings (SSSR count). The molecule has 0 saturated heterocycles. The van der Waals surface area contributed by atoms with Crippen LogP contribution in [-0.2, 0) is 0 Å². The minimum Gasteiger partial charge on any atom is -0.456 e. The van der Waals surface area contributed by atoms with Crippen LogP contribution in [0.4, 0.5) is 17.1 Å². The number of benzene rings is 10. The Bertz CT molecular complexity index is 3530. The molecule has 0 saturated carbocycles. The zero-order valence-corrected chi connectivity index (χ0v) is 33.2. The molecule has 61 heavy (non-hydrogen) atoms. The maximum absolute atomic E-state index is 6.44. The standard InChI is InChI=1S/C58H38N2O/c1-2-16-45-41(14-1)15-13-22-47(45)48-18-4-9-24-54(48)59(44-36-37-52-51-21-7-12-27-57(51)61-58(52)38-44)43-34-32-40(33-35-43)39-28-30-42(31-29-39)46-17-3-8-23-53(46)60-55-25-10-5-19-49(55)50-20-6-11-26-56(50)60/h1-38H. The van der Waals surface area contributed by atoms with Gasteiger partial charge in [-0.1, -0.05) is 170 Å². The van der Waals surface area contributed by atoms with Crippen molar-refractivity contribution in [1.29, 1.82) is 0 Å². The van der Waals surface area contributed by atoms with E-state index in [1.165, 1.54) is 55.0 Å². The summed E-state index contributed by atoms with van der Waals surface area (Å²) in [6.07, 6.45) is 0. The second-order valence-corrected chi connectivity index (χ2v) is 15.7. The van der Waals surface area contributed by atoms with E-state index in [0.717, 1.165) is 55.7 Å². The number of nitrogens with zero attached hydrogens (tertiary/aromatic N) is 2. The van der Waals surface area contributed by atoms with Crippen LogP contribution in [0.3, 0.4) is 0 Å². The third-order valence-corrected chi connectivity index (χ3v) is 12.2. The SMILES string of the molecule is c1ccc(N(c2ccc(-c3ccc(-c4ccccc4-n4c5ccccc5c5ccccc54)cc3)cc2)c2ccc3c(c2)oc2ccccc23)c(-c2cccc3ccccc23)c1. The fraction of sp³-hybridized carbons (Fsp3) is 0. The van der Waals surface area contributed by atoms with Crippen molar-refractivity contribution in [2.75, 3.05) is 4.90 Å². The summed E-state index contributed by atoms with van der Waals surface area (Å²) >= 11 is 0. The third-order valence-electron chi connectivity index (χ3n) is 12.2. The van der Waals surface area contributed by atoms with Crippen molar-refractivity contribution in [3.8, 4) is 39.1 Å². The molecule has 0 amide bonds. The molecule has 286 valence electrons. The lowest BCUT2D eigenvalue weighted by Crippen LogP contribution is -2.11. The molecule has 0 unspecified atom stereocenters. The van der Waals surface area contributed by atoms with E-state index in [9.17, 15) is 0 Å². The van der Waals surface area contributed by atoms with Crippen LogP contribution in [0.5, 0.6) is 0 Å². The van der Waals surface area contributed by atoms with Crippen LogP contribution in [0.15, 0.2) is 235 Å². The Labute approximate surface area is 353 Å². The van der Waals surface area contributed by atoms with E-state index in [4.69, 9.17) is 4.42 Å². The molecule has 0 bridgehead atoms. The summed E-state index contributed by atoms with van der Waals surface area (Å²) < 4.78 is 8.85. The van der Waals surface area contributed by atoms with Gasteiger partial charge in [0.1, 0.15) is 11.2 Å². The molecule has 0 aliphatic heterocycles. The van der Waals surface area contributed by atoms with Gasteiger partial charge in [-0.2, -0.15) is 0 Å². The number of para-hydroxylation sites is 5. The van der Waals surface area contributed by atoms with Crippen molar-refractivity contribution >= 4 is 71.6 Å². The van der Waals surface area contributed by atoms with E-state index in [-0.39, 0.29) is 0 Å². The molecule has 12 aromatic rings. The minimum atomic E-state index is 0.864. The molecule has 10 aromatic carbocycles. The van der Waals surface area contributed by atoms with Gasteiger partial charge in [-0.3, -0.25) is 0 Å². The van der Waals surface area contributed by atoms with Crippen molar-refractivity contribution in [3.05, 3.63) is 231 Å². The fourth-order valence-electron chi connectivity index (χ4n) is 9.38. The highest BCUT2D eigenvalue weighted by Crippen LogP contribution is 2.45. The Hall–Kier alpha value is -8.14. The van der Waals surface area contributed by atoms with Gasteiger partial charge in [0.25, 0.3) is 0 Å². The number of anilines is 3. The average molecular weight is 779 g/mol. The molecule has 2 heterocycles. The molecule has 3 nitrogen and oxygen atoms in total. The predicted octanol–water partition coefficient (Wildman–Crippen LogP) is 16.3. The highest BCUT2D eigenvalue weighted by atomic mass is 16.3. The molecule has 0 atom stereocenters. The maximum atomic E-state index is 6.44. The molecule has 0 aliphatic carbocycles. The molecular formula is C58H38N2O. The molecule has 0 aliphatic rings. The minimum absolute atomic E-state index is 0.864. The Morgan fingerprint density at radius 2 is 0.852 bits per heavy atom. The molecule has 0 spiro atoms. The first-order chi connectivity index (χ1) is 30.3. The molecule has 0 fully saturated rings. The Kier molecular flexibility index (Phi) is 8.17. The van der Waals surface area contributed by atoms with E-state index in [0.29, 0.717) is 0 Å². The van der Waals surface area contributed by atoms with Gasteiger partial charge >= 0.3 is 0 Å². The van der Waals surface area contributed by atoms with E-state index in [1.807, 2.05) is 12.1 Å². The van der Waals surface area contributed by atoms with Gasteiger partial charge in [0.15, 0.2) is 0 Å². The second kappa shape index (κ2) is 14.3. The zero-order valence-electron chi connectivity index (χ0n) is 33.2. The normalized spacial score (nSPS) is 11.6. The quantitative estimate of drug-likeness (QED) is 0.161. The van der Waals surface area contributed by atoms with Crippen LogP contribution < -0.4 is 4.90 Å². The van der Waals surface area contributed by atoms with Gasteiger partial charge in [0, 0.05) is 50.1 Å². The zero-order chi connectivity index (χ0) is 40.3. The van der Waals surface area contributed by atoms with Crippen molar-refractivity contribution in [3.63, 3.8) is 0 Å². The first-order valence-electron chi connectivity index (χ1n) is 20.8. The van der Waals surface area contributed by atoms with Crippen molar-refractivity contribution in [2.24, 2.45) is 0 Å².